The Morgan fingerprint density at radius 3 is 2.78 bits per heavy atom. The summed E-state index contributed by atoms with van der Waals surface area (Å²) in [5, 5.41) is 19.8. The molecule has 0 saturated heterocycles. The number of esters is 1. The fourth-order valence-corrected chi connectivity index (χ4v) is 1.20. The Bertz CT molecular complexity index is 537. The highest BCUT2D eigenvalue weighted by Gasteiger charge is 2.16. The molecule has 94 valence electrons. The van der Waals surface area contributed by atoms with Crippen LogP contribution in [-0.4, -0.2) is 24.1 Å². The number of amides is 1. The Labute approximate surface area is 102 Å². The van der Waals surface area contributed by atoms with Crippen LogP contribution in [0.25, 0.3) is 0 Å². The molecule has 1 aromatic carbocycles. The van der Waals surface area contributed by atoms with E-state index in [1.165, 1.54) is 0 Å². The summed E-state index contributed by atoms with van der Waals surface area (Å²) in [6, 6.07) is 3.43. The molecule has 1 amide bonds. The maximum absolute atomic E-state index is 13.3. The Kier molecular flexibility index (Phi) is 4.21. The molecule has 0 aromatic heterocycles. The molecule has 0 heterocycles. The van der Waals surface area contributed by atoms with E-state index in [9.17, 15) is 19.1 Å². The number of aromatic hydroxyl groups is 1. The average Bonchev–Trinajstić information content (AvgIpc) is 2.34. The van der Waals surface area contributed by atoms with E-state index in [0.29, 0.717) is 0 Å². The van der Waals surface area contributed by atoms with E-state index < -0.39 is 29.9 Å². The number of nitrogens with one attached hydrogen (secondary N) is 1. The van der Waals surface area contributed by atoms with Gasteiger partial charge in [0.05, 0.1) is 24.4 Å². The zero-order valence-corrected chi connectivity index (χ0v) is 9.36. The lowest BCUT2D eigenvalue weighted by atomic mass is 10.1. The molecule has 0 aliphatic carbocycles. The molecule has 0 spiro atoms. The van der Waals surface area contributed by atoms with Gasteiger partial charge < -0.3 is 15.2 Å². The van der Waals surface area contributed by atoms with Gasteiger partial charge in [-0.3, -0.25) is 4.79 Å². The maximum atomic E-state index is 13.3. The third-order valence-corrected chi connectivity index (χ3v) is 2.00. The highest BCUT2D eigenvalue weighted by Crippen LogP contribution is 2.28. The Morgan fingerprint density at radius 1 is 1.56 bits per heavy atom. The van der Waals surface area contributed by atoms with Crippen molar-refractivity contribution in [2.45, 2.75) is 6.42 Å². The number of hydrogen-bond donors (Lipinski definition) is 2. The van der Waals surface area contributed by atoms with Gasteiger partial charge in [0.15, 0.2) is 11.6 Å². The third kappa shape index (κ3) is 2.95. The van der Waals surface area contributed by atoms with Crippen molar-refractivity contribution in [1.29, 1.82) is 5.26 Å². The van der Waals surface area contributed by atoms with Gasteiger partial charge in [0.1, 0.15) is 6.42 Å². The summed E-state index contributed by atoms with van der Waals surface area (Å²) in [6.45, 7) is 0. The standard InChI is InChI=1S/C11H9FN2O4/c1-18-11(17)6-4-7(12)10(16)8(5-6)14-9(15)2-3-13/h4-5,16H,2H2,1H3,(H,14,15). The number of phenolic OH excluding ortho intramolecular Hbond substituents is 1. The molecular formula is C11H9FN2O4. The van der Waals surface area contributed by atoms with Crippen LogP contribution >= 0.6 is 0 Å². The van der Waals surface area contributed by atoms with Gasteiger partial charge in [0.2, 0.25) is 5.91 Å². The van der Waals surface area contributed by atoms with E-state index in [1.807, 2.05) is 0 Å². The third-order valence-electron chi connectivity index (χ3n) is 2.00. The monoisotopic (exact) mass is 252 g/mol. The Hall–Kier alpha value is -2.62. The number of methoxy groups -OCH3 is 1. The van der Waals surface area contributed by atoms with Crippen molar-refractivity contribution in [3.63, 3.8) is 0 Å². The number of anilines is 1. The molecule has 1 aromatic rings. The highest BCUT2D eigenvalue weighted by molar-refractivity contribution is 5.96. The molecule has 7 heteroatoms. The predicted molar refractivity (Wildman–Crippen MR) is 58.3 cm³/mol. The summed E-state index contributed by atoms with van der Waals surface area (Å²) in [5.41, 5.74) is -0.462. The Morgan fingerprint density at radius 2 is 2.22 bits per heavy atom. The number of nitriles is 1. The molecule has 0 radical (unpaired) electrons. The number of rotatable bonds is 3. The zero-order valence-electron chi connectivity index (χ0n) is 9.36. The largest absolute Gasteiger partial charge is 0.503 e. The van der Waals surface area contributed by atoms with Crippen molar-refractivity contribution in [2.75, 3.05) is 12.4 Å². The number of benzene rings is 1. The second-order valence-corrected chi connectivity index (χ2v) is 3.23. The molecule has 1 rings (SSSR count). The van der Waals surface area contributed by atoms with E-state index in [1.54, 1.807) is 6.07 Å². The fraction of sp³-hybridized carbons (Fsp3) is 0.182. The summed E-state index contributed by atoms with van der Waals surface area (Å²) in [7, 11) is 1.11. The first-order chi connectivity index (χ1) is 8.49. The molecule has 0 bridgehead atoms. The molecule has 0 fully saturated rings. The molecule has 0 aliphatic heterocycles. The Balaban J connectivity index is 3.11. The van der Waals surface area contributed by atoms with Crippen LogP contribution in [0.5, 0.6) is 5.75 Å². The number of carbonyl (C=O) groups excluding carboxylic acids is 2. The van der Waals surface area contributed by atoms with Gasteiger partial charge in [-0.2, -0.15) is 5.26 Å². The molecule has 2 N–H and O–H groups in total. The number of halogens is 1. The van der Waals surface area contributed by atoms with Gasteiger partial charge in [-0.25, -0.2) is 9.18 Å². The van der Waals surface area contributed by atoms with Crippen molar-refractivity contribution in [1.82, 2.24) is 0 Å². The SMILES string of the molecule is COC(=O)c1cc(F)c(O)c(NC(=O)CC#N)c1. The van der Waals surface area contributed by atoms with Crippen LogP contribution in [-0.2, 0) is 9.53 Å². The molecule has 0 atom stereocenters. The predicted octanol–water partition coefficient (Wildman–Crippen LogP) is 1.17. The van der Waals surface area contributed by atoms with Gasteiger partial charge in [-0.05, 0) is 12.1 Å². The lowest BCUT2D eigenvalue weighted by Gasteiger charge is -2.08. The van der Waals surface area contributed by atoms with Crippen molar-refractivity contribution in [3.8, 4) is 11.8 Å². The minimum Gasteiger partial charge on any atom is -0.503 e. The van der Waals surface area contributed by atoms with E-state index in [4.69, 9.17) is 5.26 Å². The molecule has 0 unspecified atom stereocenters. The van der Waals surface area contributed by atoms with E-state index in [-0.39, 0.29) is 11.3 Å². The van der Waals surface area contributed by atoms with Crippen LogP contribution in [0.1, 0.15) is 16.8 Å². The maximum Gasteiger partial charge on any atom is 0.338 e. The summed E-state index contributed by atoms with van der Waals surface area (Å²) in [6.07, 6.45) is -0.455. The van der Waals surface area contributed by atoms with Crippen LogP contribution in [0, 0.1) is 17.1 Å². The minimum atomic E-state index is -1.08. The van der Waals surface area contributed by atoms with Gasteiger partial charge >= 0.3 is 5.97 Å². The molecule has 6 nitrogen and oxygen atoms in total. The van der Waals surface area contributed by atoms with Gasteiger partial charge in [0, 0.05) is 0 Å². The number of phenols is 1. The van der Waals surface area contributed by atoms with Crippen molar-refractivity contribution >= 4 is 17.6 Å². The van der Waals surface area contributed by atoms with Gasteiger partial charge in [-0.15, -0.1) is 0 Å². The van der Waals surface area contributed by atoms with Crippen molar-refractivity contribution < 1.29 is 23.8 Å². The normalized spacial score (nSPS) is 9.39. The van der Waals surface area contributed by atoms with Crippen molar-refractivity contribution in [2.24, 2.45) is 0 Å². The summed E-state index contributed by atoms with van der Waals surface area (Å²) in [4.78, 5) is 22.3. The highest BCUT2D eigenvalue weighted by atomic mass is 19.1. The molecule has 0 aliphatic rings. The van der Waals surface area contributed by atoms with Crippen molar-refractivity contribution in [3.05, 3.63) is 23.5 Å². The first-order valence-corrected chi connectivity index (χ1v) is 4.77. The van der Waals surface area contributed by atoms with E-state index >= 15 is 0 Å². The summed E-state index contributed by atoms with van der Waals surface area (Å²) in [5.74, 6) is -3.43. The van der Waals surface area contributed by atoms with Gasteiger partial charge in [0.25, 0.3) is 0 Å². The second-order valence-electron chi connectivity index (χ2n) is 3.23. The number of ether oxygens (including phenoxy) is 1. The summed E-state index contributed by atoms with van der Waals surface area (Å²) >= 11 is 0. The molecule has 0 saturated carbocycles. The smallest absolute Gasteiger partial charge is 0.338 e. The number of hydrogen-bond acceptors (Lipinski definition) is 5. The van der Waals surface area contributed by atoms with E-state index in [2.05, 4.69) is 10.1 Å². The van der Waals surface area contributed by atoms with Gasteiger partial charge in [-0.1, -0.05) is 0 Å². The minimum absolute atomic E-state index is 0.167. The lowest BCUT2D eigenvalue weighted by molar-refractivity contribution is -0.115. The van der Waals surface area contributed by atoms with Crippen LogP contribution in [0.2, 0.25) is 0 Å². The topological polar surface area (TPSA) is 99.4 Å². The summed E-state index contributed by atoms with van der Waals surface area (Å²) < 4.78 is 17.7. The average molecular weight is 252 g/mol. The molecule has 18 heavy (non-hydrogen) atoms. The number of nitrogens with zero attached hydrogens (tertiary/aromatic N) is 1. The number of carbonyl (C=O) groups is 2. The van der Waals surface area contributed by atoms with Crippen LogP contribution in [0.15, 0.2) is 12.1 Å². The first kappa shape index (κ1) is 13.4. The zero-order chi connectivity index (χ0) is 13.7. The second kappa shape index (κ2) is 5.63. The van der Waals surface area contributed by atoms with E-state index in [0.717, 1.165) is 19.2 Å². The van der Waals surface area contributed by atoms with Crippen LogP contribution < -0.4 is 5.32 Å². The van der Waals surface area contributed by atoms with Crippen LogP contribution in [0.3, 0.4) is 0 Å². The fourth-order valence-electron chi connectivity index (χ4n) is 1.20. The molecular weight excluding hydrogens is 243 g/mol. The first-order valence-electron chi connectivity index (χ1n) is 4.77. The lowest BCUT2D eigenvalue weighted by Crippen LogP contribution is -2.12. The quantitative estimate of drug-likeness (QED) is 0.621. The van der Waals surface area contributed by atoms with Crippen LogP contribution in [0.4, 0.5) is 10.1 Å².